The maximum Gasteiger partial charge on any atom is 0.00982 e. The van der Waals surface area contributed by atoms with Gasteiger partial charge in [0.2, 0.25) is 0 Å². The Morgan fingerprint density at radius 3 is 1.67 bits per heavy atom. The maximum atomic E-state index is 3.35. The minimum atomic E-state index is 0.893. The van der Waals surface area contributed by atoms with Gasteiger partial charge in [-0.05, 0) is 80.3 Å². The highest BCUT2D eigenvalue weighted by Crippen LogP contribution is 2.27. The van der Waals surface area contributed by atoms with Gasteiger partial charge >= 0.3 is 0 Å². The van der Waals surface area contributed by atoms with Crippen LogP contribution < -0.4 is 5.32 Å². The molecule has 194 valence electrons. The van der Waals surface area contributed by atoms with Crippen molar-refractivity contribution in [2.24, 2.45) is 11.8 Å². The van der Waals surface area contributed by atoms with Crippen molar-refractivity contribution in [1.29, 1.82) is 0 Å². The van der Waals surface area contributed by atoms with Crippen LogP contribution in [0.1, 0.15) is 118 Å². The molecule has 2 atom stereocenters. The van der Waals surface area contributed by atoms with Crippen molar-refractivity contribution in [3.05, 3.63) is 34.9 Å². The molecule has 2 rings (SSSR count). The highest BCUT2D eigenvalue weighted by molar-refractivity contribution is 5.30. The number of hydrogen-bond acceptors (Lipinski definition) is 2. The van der Waals surface area contributed by atoms with Crippen LogP contribution >= 0.6 is 0 Å². The zero-order valence-electron chi connectivity index (χ0n) is 24.1. The molecule has 1 aromatic rings. The molecule has 0 spiro atoms. The fourth-order valence-corrected chi connectivity index (χ4v) is 4.78. The van der Waals surface area contributed by atoms with Gasteiger partial charge in [0.25, 0.3) is 0 Å². The van der Waals surface area contributed by atoms with E-state index >= 15 is 0 Å². The summed E-state index contributed by atoms with van der Waals surface area (Å²) < 4.78 is 0. The Bertz CT molecular complexity index is 509. The van der Waals surface area contributed by atoms with Crippen LogP contribution in [-0.2, 0) is 19.3 Å². The van der Waals surface area contributed by atoms with Gasteiger partial charge < -0.3 is 10.2 Å². The van der Waals surface area contributed by atoms with Gasteiger partial charge in [-0.15, -0.1) is 0 Å². The van der Waals surface area contributed by atoms with E-state index in [-0.39, 0.29) is 0 Å². The molecule has 1 aliphatic rings. The predicted molar refractivity (Wildman–Crippen MR) is 152 cm³/mol. The largest absolute Gasteiger partial charge is 0.317 e. The molecule has 0 saturated carbocycles. The first-order valence-corrected chi connectivity index (χ1v) is 14.5. The molecule has 2 nitrogen and oxygen atoms in total. The molecule has 0 aromatic heterocycles. The summed E-state index contributed by atoms with van der Waals surface area (Å²) in [5.74, 6) is 1.88. The summed E-state index contributed by atoms with van der Waals surface area (Å²) >= 11 is 0. The third-order valence-corrected chi connectivity index (χ3v) is 7.39. The maximum absolute atomic E-state index is 3.35. The first-order chi connectivity index (χ1) is 16.0. The molecule has 1 heterocycles. The number of nitrogens with one attached hydrogen (secondary N) is 1. The Morgan fingerprint density at radius 1 is 0.818 bits per heavy atom. The van der Waals surface area contributed by atoms with Crippen molar-refractivity contribution in [3.8, 4) is 0 Å². The van der Waals surface area contributed by atoms with Gasteiger partial charge in [0.05, 0.1) is 0 Å². The number of hydrogen-bond donors (Lipinski definition) is 1. The van der Waals surface area contributed by atoms with Gasteiger partial charge in [-0.3, -0.25) is 0 Å². The number of likely N-dealkylation sites (tertiary alicyclic amines) is 1. The van der Waals surface area contributed by atoms with E-state index in [0.29, 0.717) is 0 Å². The van der Waals surface area contributed by atoms with Gasteiger partial charge in [-0.1, -0.05) is 106 Å². The van der Waals surface area contributed by atoms with Crippen molar-refractivity contribution in [1.82, 2.24) is 10.2 Å². The second-order valence-electron chi connectivity index (χ2n) is 9.75. The smallest absolute Gasteiger partial charge is 0.00982 e. The Balaban J connectivity index is 0.000000472. The Morgan fingerprint density at radius 2 is 1.33 bits per heavy atom. The molecule has 1 saturated heterocycles. The molecule has 33 heavy (non-hydrogen) atoms. The van der Waals surface area contributed by atoms with Crippen LogP contribution in [0.15, 0.2) is 18.2 Å². The van der Waals surface area contributed by atoms with Crippen molar-refractivity contribution in [2.45, 2.75) is 126 Å². The van der Waals surface area contributed by atoms with Gasteiger partial charge in [-0.25, -0.2) is 0 Å². The molecule has 1 N–H and O–H groups in total. The Kier molecular flexibility index (Phi) is 20.0. The molecular formula is C31H60N2. The molecule has 2 unspecified atom stereocenters. The summed E-state index contributed by atoms with van der Waals surface area (Å²) in [5.41, 5.74) is 4.43. The van der Waals surface area contributed by atoms with E-state index < -0.39 is 0 Å². The van der Waals surface area contributed by atoms with Crippen LogP contribution in [0.5, 0.6) is 0 Å². The average Bonchev–Trinajstić information content (AvgIpc) is 3.27. The Labute approximate surface area is 209 Å². The molecule has 2 heteroatoms. The van der Waals surface area contributed by atoms with E-state index in [1.165, 1.54) is 74.8 Å². The van der Waals surface area contributed by atoms with Crippen LogP contribution in [0.3, 0.4) is 0 Å². The highest BCUT2D eigenvalue weighted by Gasteiger charge is 2.28. The Hall–Kier alpha value is -0.860. The summed E-state index contributed by atoms with van der Waals surface area (Å²) in [6, 6.07) is 7.86. The van der Waals surface area contributed by atoms with Crippen LogP contribution in [0.2, 0.25) is 0 Å². The second-order valence-corrected chi connectivity index (χ2v) is 9.75. The van der Waals surface area contributed by atoms with Crippen molar-refractivity contribution in [3.63, 3.8) is 0 Å². The summed E-state index contributed by atoms with van der Waals surface area (Å²) in [6.07, 6.45) is 11.7. The molecule has 1 aromatic carbocycles. The zero-order chi connectivity index (χ0) is 25.1. The SMILES string of the molecule is CCCC1CC(CC)CN1CC.CCNCC(CC)CC.CCc1cc(CC)cc(CC)c1. The topological polar surface area (TPSA) is 15.3 Å². The van der Waals surface area contributed by atoms with E-state index in [4.69, 9.17) is 0 Å². The van der Waals surface area contributed by atoms with Crippen molar-refractivity contribution < 1.29 is 0 Å². The zero-order valence-corrected chi connectivity index (χ0v) is 24.1. The predicted octanol–water partition coefficient (Wildman–Crippen LogP) is 8.31. The number of aryl methyl sites for hydroxylation is 3. The highest BCUT2D eigenvalue weighted by atomic mass is 15.2. The molecule has 1 aliphatic heterocycles. The minimum Gasteiger partial charge on any atom is -0.317 e. The molecular weight excluding hydrogens is 400 g/mol. The molecule has 1 fully saturated rings. The van der Waals surface area contributed by atoms with Crippen molar-refractivity contribution >= 4 is 0 Å². The van der Waals surface area contributed by atoms with Gasteiger partial charge in [0, 0.05) is 12.6 Å². The van der Waals surface area contributed by atoms with Crippen LogP contribution in [0, 0.1) is 11.8 Å². The molecule has 0 bridgehead atoms. The first kappa shape index (κ1) is 32.1. The fourth-order valence-electron chi connectivity index (χ4n) is 4.78. The fraction of sp³-hybridized carbons (Fsp3) is 0.806. The summed E-state index contributed by atoms with van der Waals surface area (Å²) in [5, 5.41) is 3.35. The standard InChI is InChI=1S/C12H18.C11H23N.C8H19N/c1-4-10-7-11(5-2)9-12(6-3)8-10;1-4-7-11-8-10(5-2)9-12(11)6-3;1-4-8(5-2)7-9-6-3/h7-9H,4-6H2,1-3H3;10-11H,4-9H2,1-3H3;8-9H,4-7H2,1-3H3. The second kappa shape index (κ2) is 20.5. The lowest BCUT2D eigenvalue weighted by atomic mass is 10.0. The number of rotatable bonds is 12. The summed E-state index contributed by atoms with van der Waals surface area (Å²) in [4.78, 5) is 2.66. The third kappa shape index (κ3) is 13.6. The van der Waals surface area contributed by atoms with Crippen LogP contribution in [0.25, 0.3) is 0 Å². The third-order valence-electron chi connectivity index (χ3n) is 7.39. The average molecular weight is 461 g/mol. The molecule has 0 amide bonds. The van der Waals surface area contributed by atoms with Crippen LogP contribution in [0.4, 0.5) is 0 Å². The number of nitrogens with zero attached hydrogens (tertiary/aromatic N) is 1. The lowest BCUT2D eigenvalue weighted by Gasteiger charge is -2.21. The van der Waals surface area contributed by atoms with Crippen molar-refractivity contribution in [2.75, 3.05) is 26.2 Å². The van der Waals surface area contributed by atoms with E-state index in [2.05, 4.69) is 90.7 Å². The van der Waals surface area contributed by atoms with Gasteiger partial charge in [0.1, 0.15) is 0 Å². The number of benzene rings is 1. The van der Waals surface area contributed by atoms with Gasteiger partial charge in [0.15, 0.2) is 0 Å². The van der Waals surface area contributed by atoms with Gasteiger partial charge in [-0.2, -0.15) is 0 Å². The van der Waals surface area contributed by atoms with E-state index in [9.17, 15) is 0 Å². The van der Waals surface area contributed by atoms with E-state index in [1.54, 1.807) is 0 Å². The lowest BCUT2D eigenvalue weighted by Crippen LogP contribution is -2.28. The minimum absolute atomic E-state index is 0.893. The molecule has 0 radical (unpaired) electrons. The normalized spacial score (nSPS) is 18.0. The molecule has 0 aliphatic carbocycles. The first-order valence-electron chi connectivity index (χ1n) is 14.5. The van der Waals surface area contributed by atoms with Crippen LogP contribution in [-0.4, -0.2) is 37.1 Å². The monoisotopic (exact) mass is 460 g/mol. The van der Waals surface area contributed by atoms with E-state index in [1.807, 2.05) is 0 Å². The lowest BCUT2D eigenvalue weighted by molar-refractivity contribution is 0.251. The summed E-state index contributed by atoms with van der Waals surface area (Å²) in [7, 11) is 0. The quantitative estimate of drug-likeness (QED) is 0.337. The van der Waals surface area contributed by atoms with E-state index in [0.717, 1.165) is 43.7 Å². The summed E-state index contributed by atoms with van der Waals surface area (Å²) in [6.45, 7) is 25.1.